The predicted molar refractivity (Wildman–Crippen MR) is 69.3 cm³/mol. The molecule has 4 amide bonds. The van der Waals surface area contributed by atoms with E-state index in [0.717, 1.165) is 9.91 Å². The van der Waals surface area contributed by atoms with Crippen LogP contribution in [0.1, 0.15) is 24.5 Å². The Morgan fingerprint density at radius 2 is 2.11 bits per heavy atom. The Labute approximate surface area is 114 Å². The van der Waals surface area contributed by atoms with Gasteiger partial charge in [-0.05, 0) is 12.8 Å². The topological polar surface area (TPSA) is 79.4 Å². The number of nitrogens with zero attached hydrogens (tertiary/aromatic N) is 2. The molecule has 0 bridgehead atoms. The van der Waals surface area contributed by atoms with Crippen molar-refractivity contribution in [2.24, 2.45) is 11.8 Å². The van der Waals surface area contributed by atoms with Crippen LogP contribution in [0.15, 0.2) is 5.38 Å². The number of aromatic nitrogens is 1. The Morgan fingerprint density at radius 3 is 2.63 bits per heavy atom. The zero-order chi connectivity index (χ0) is 14.2. The van der Waals surface area contributed by atoms with Crippen LogP contribution >= 0.6 is 11.3 Å². The third-order valence-corrected chi connectivity index (χ3v) is 3.77. The Hall–Kier alpha value is -1.76. The molecule has 0 saturated carbocycles. The lowest BCUT2D eigenvalue weighted by atomic mass is 9.92. The number of amides is 4. The molecule has 2 heterocycles. The number of barbiturate groups is 1. The van der Waals surface area contributed by atoms with Gasteiger partial charge < -0.3 is 0 Å². The number of nitrogens with one attached hydrogen (secondary N) is 1. The fourth-order valence-electron chi connectivity index (χ4n) is 2.01. The average Bonchev–Trinajstić information content (AvgIpc) is 2.69. The lowest BCUT2D eigenvalue weighted by molar-refractivity contribution is -0.144. The van der Waals surface area contributed by atoms with Gasteiger partial charge >= 0.3 is 6.03 Å². The van der Waals surface area contributed by atoms with Gasteiger partial charge in [0.2, 0.25) is 11.8 Å². The van der Waals surface area contributed by atoms with E-state index < -0.39 is 23.8 Å². The molecule has 7 heteroatoms. The standard InChI is InChI=1S/C12H15N3O3S/c1-6(2)9-10(16)14-12(18)15(11(9)17)4-8-5-19-7(3)13-8/h5-6,9H,4H2,1-3H3,(H,14,16,18). The molecule has 1 N–H and O–H groups in total. The Morgan fingerprint density at radius 1 is 1.42 bits per heavy atom. The van der Waals surface area contributed by atoms with Crippen molar-refractivity contribution in [3.63, 3.8) is 0 Å². The quantitative estimate of drug-likeness (QED) is 0.847. The SMILES string of the molecule is Cc1nc(CN2C(=O)NC(=O)C(C(C)C)C2=O)cs1. The molecular formula is C12H15N3O3S. The molecule has 1 aliphatic rings. The zero-order valence-electron chi connectivity index (χ0n) is 11.0. The molecule has 1 fully saturated rings. The molecule has 1 aromatic rings. The van der Waals surface area contributed by atoms with Crippen LogP contribution in [-0.4, -0.2) is 27.7 Å². The van der Waals surface area contributed by atoms with Crippen LogP contribution in [0.25, 0.3) is 0 Å². The molecular weight excluding hydrogens is 266 g/mol. The van der Waals surface area contributed by atoms with Crippen molar-refractivity contribution in [3.05, 3.63) is 16.1 Å². The van der Waals surface area contributed by atoms with E-state index in [9.17, 15) is 14.4 Å². The molecule has 1 unspecified atom stereocenters. The monoisotopic (exact) mass is 281 g/mol. The van der Waals surface area contributed by atoms with Crippen molar-refractivity contribution >= 4 is 29.2 Å². The minimum absolute atomic E-state index is 0.103. The van der Waals surface area contributed by atoms with Crippen LogP contribution in [0.4, 0.5) is 4.79 Å². The van der Waals surface area contributed by atoms with E-state index in [1.807, 2.05) is 6.92 Å². The van der Waals surface area contributed by atoms with Crippen molar-refractivity contribution in [2.45, 2.75) is 27.3 Å². The number of aryl methyl sites for hydroxylation is 1. The third kappa shape index (κ3) is 2.65. The van der Waals surface area contributed by atoms with E-state index in [1.54, 1.807) is 19.2 Å². The van der Waals surface area contributed by atoms with E-state index in [-0.39, 0.29) is 12.5 Å². The maximum atomic E-state index is 12.2. The number of imide groups is 2. The summed E-state index contributed by atoms with van der Waals surface area (Å²) in [6, 6.07) is -0.669. The highest BCUT2D eigenvalue weighted by Gasteiger charge is 2.42. The van der Waals surface area contributed by atoms with Crippen LogP contribution in [0.5, 0.6) is 0 Å². The number of hydrogen-bond donors (Lipinski definition) is 1. The van der Waals surface area contributed by atoms with E-state index in [4.69, 9.17) is 0 Å². The molecule has 6 nitrogen and oxygen atoms in total. The van der Waals surface area contributed by atoms with Gasteiger partial charge in [-0.1, -0.05) is 13.8 Å². The number of carbonyl (C=O) groups is 3. The second kappa shape index (κ2) is 5.08. The summed E-state index contributed by atoms with van der Waals surface area (Å²) in [5.74, 6) is -1.93. The van der Waals surface area contributed by atoms with E-state index in [0.29, 0.717) is 5.69 Å². The minimum Gasteiger partial charge on any atom is -0.277 e. The van der Waals surface area contributed by atoms with E-state index in [1.165, 1.54) is 11.3 Å². The Kier molecular flexibility index (Phi) is 3.66. The molecule has 0 aliphatic carbocycles. The van der Waals surface area contributed by atoms with Crippen molar-refractivity contribution < 1.29 is 14.4 Å². The van der Waals surface area contributed by atoms with Crippen molar-refractivity contribution in [1.29, 1.82) is 0 Å². The first-order valence-electron chi connectivity index (χ1n) is 5.97. The Balaban J connectivity index is 2.21. The number of rotatable bonds is 3. The van der Waals surface area contributed by atoms with Gasteiger partial charge in [-0.25, -0.2) is 9.78 Å². The largest absolute Gasteiger partial charge is 0.331 e. The molecule has 0 radical (unpaired) electrons. The van der Waals surface area contributed by atoms with Crippen LogP contribution in [0.2, 0.25) is 0 Å². The van der Waals surface area contributed by atoms with Crippen LogP contribution in [0.3, 0.4) is 0 Å². The van der Waals surface area contributed by atoms with Gasteiger partial charge in [0.15, 0.2) is 0 Å². The van der Waals surface area contributed by atoms with E-state index in [2.05, 4.69) is 10.3 Å². The number of urea groups is 1. The zero-order valence-corrected chi connectivity index (χ0v) is 11.8. The summed E-state index contributed by atoms with van der Waals surface area (Å²) < 4.78 is 0. The fourth-order valence-corrected chi connectivity index (χ4v) is 2.62. The number of thiazole rings is 1. The second-order valence-electron chi connectivity index (χ2n) is 4.80. The summed E-state index contributed by atoms with van der Waals surface area (Å²) in [6.45, 7) is 5.52. The molecule has 19 heavy (non-hydrogen) atoms. The molecule has 0 aromatic carbocycles. The van der Waals surface area contributed by atoms with Crippen LogP contribution in [-0.2, 0) is 16.1 Å². The first-order valence-corrected chi connectivity index (χ1v) is 6.85. The van der Waals surface area contributed by atoms with Gasteiger partial charge in [0.1, 0.15) is 5.92 Å². The minimum atomic E-state index is -0.808. The van der Waals surface area contributed by atoms with Gasteiger partial charge in [0.25, 0.3) is 0 Å². The summed E-state index contributed by atoms with van der Waals surface area (Å²) in [6.07, 6.45) is 0. The fraction of sp³-hybridized carbons (Fsp3) is 0.500. The molecule has 102 valence electrons. The maximum absolute atomic E-state index is 12.2. The molecule has 2 rings (SSSR count). The van der Waals surface area contributed by atoms with E-state index >= 15 is 0 Å². The van der Waals surface area contributed by atoms with Gasteiger partial charge in [-0.15, -0.1) is 11.3 Å². The lowest BCUT2D eigenvalue weighted by Gasteiger charge is -2.31. The summed E-state index contributed by atoms with van der Waals surface area (Å²) in [5.41, 5.74) is 0.655. The smallest absolute Gasteiger partial charge is 0.277 e. The van der Waals surface area contributed by atoms with Gasteiger partial charge in [-0.2, -0.15) is 0 Å². The summed E-state index contributed by atoms with van der Waals surface area (Å²) in [4.78, 5) is 40.9. The van der Waals surface area contributed by atoms with Crippen molar-refractivity contribution in [3.8, 4) is 0 Å². The highest BCUT2D eigenvalue weighted by molar-refractivity contribution is 7.09. The highest BCUT2D eigenvalue weighted by Crippen LogP contribution is 2.21. The maximum Gasteiger partial charge on any atom is 0.331 e. The summed E-state index contributed by atoms with van der Waals surface area (Å²) in [7, 11) is 0. The molecule has 1 saturated heterocycles. The molecule has 1 aliphatic heterocycles. The molecule has 0 spiro atoms. The second-order valence-corrected chi connectivity index (χ2v) is 5.86. The third-order valence-electron chi connectivity index (χ3n) is 2.94. The van der Waals surface area contributed by atoms with Gasteiger partial charge in [0, 0.05) is 5.38 Å². The van der Waals surface area contributed by atoms with Crippen LogP contribution in [0, 0.1) is 18.8 Å². The lowest BCUT2D eigenvalue weighted by Crippen LogP contribution is -2.58. The highest BCUT2D eigenvalue weighted by atomic mass is 32.1. The summed E-state index contributed by atoms with van der Waals surface area (Å²) in [5, 5.41) is 4.90. The van der Waals surface area contributed by atoms with Crippen molar-refractivity contribution in [2.75, 3.05) is 0 Å². The molecule has 1 aromatic heterocycles. The summed E-state index contributed by atoms with van der Waals surface area (Å²) >= 11 is 1.46. The van der Waals surface area contributed by atoms with Gasteiger partial charge in [0.05, 0.1) is 17.2 Å². The average molecular weight is 281 g/mol. The number of hydrogen-bond acceptors (Lipinski definition) is 5. The predicted octanol–water partition coefficient (Wildman–Crippen LogP) is 1.30. The number of carbonyl (C=O) groups excluding carboxylic acids is 3. The normalized spacial score (nSPS) is 20.1. The first kappa shape index (κ1) is 13.7. The first-order chi connectivity index (χ1) is 8.90. The molecule has 1 atom stereocenters. The van der Waals surface area contributed by atoms with Gasteiger partial charge in [-0.3, -0.25) is 19.8 Å². The van der Waals surface area contributed by atoms with Crippen LogP contribution < -0.4 is 5.32 Å². The van der Waals surface area contributed by atoms with Crippen molar-refractivity contribution in [1.82, 2.24) is 15.2 Å². The Bertz CT molecular complexity index is 538.